The Morgan fingerprint density at radius 3 is 2.84 bits per heavy atom. The number of aliphatic hydroxyl groups excluding tert-OH is 1. The van der Waals surface area contributed by atoms with Crippen LogP contribution in [0.1, 0.15) is 12.0 Å². The van der Waals surface area contributed by atoms with E-state index >= 15 is 0 Å². The van der Waals surface area contributed by atoms with Gasteiger partial charge in [-0.15, -0.1) is 0 Å². The third-order valence-corrected chi connectivity index (χ3v) is 2.99. The van der Waals surface area contributed by atoms with Gasteiger partial charge in [0.05, 0.1) is 12.3 Å². The average molecular weight is 265 g/mol. The lowest BCUT2D eigenvalue weighted by molar-refractivity contribution is -0.146. The number of hydrogen-bond donors (Lipinski definition) is 2. The molecule has 7 nitrogen and oxygen atoms in total. The Kier molecular flexibility index (Phi) is 3.66. The maximum atomic E-state index is 11.9. The van der Waals surface area contributed by atoms with Crippen molar-refractivity contribution in [3.05, 3.63) is 24.0 Å². The van der Waals surface area contributed by atoms with Crippen molar-refractivity contribution >= 4 is 18.0 Å². The molecule has 1 saturated heterocycles. The number of hydrogen-bond acceptors (Lipinski definition) is 4. The first-order valence-corrected chi connectivity index (χ1v) is 5.85. The molecule has 0 bridgehead atoms. The van der Waals surface area contributed by atoms with Crippen molar-refractivity contribution in [3.63, 3.8) is 0 Å². The van der Waals surface area contributed by atoms with E-state index in [0.717, 1.165) is 5.56 Å². The Morgan fingerprint density at radius 1 is 1.53 bits per heavy atom. The topological polar surface area (TPSA) is 95.7 Å². The van der Waals surface area contributed by atoms with Gasteiger partial charge in [0.1, 0.15) is 6.04 Å². The molecule has 1 aromatic heterocycles. The molecule has 2 atom stereocenters. The van der Waals surface area contributed by atoms with Crippen molar-refractivity contribution in [2.75, 3.05) is 6.54 Å². The zero-order valence-electron chi connectivity index (χ0n) is 10.4. The molecule has 19 heavy (non-hydrogen) atoms. The van der Waals surface area contributed by atoms with E-state index in [9.17, 15) is 14.7 Å². The van der Waals surface area contributed by atoms with Gasteiger partial charge in [0, 0.05) is 37.8 Å². The molecule has 1 amide bonds. The van der Waals surface area contributed by atoms with Crippen LogP contribution in [0.2, 0.25) is 0 Å². The zero-order chi connectivity index (χ0) is 14.0. The summed E-state index contributed by atoms with van der Waals surface area (Å²) < 4.78 is 1.60. The van der Waals surface area contributed by atoms with Gasteiger partial charge in [-0.2, -0.15) is 5.10 Å². The summed E-state index contributed by atoms with van der Waals surface area (Å²) in [6, 6.07) is -0.957. The van der Waals surface area contributed by atoms with Crippen LogP contribution in [-0.2, 0) is 16.6 Å². The number of carboxylic acids is 1. The summed E-state index contributed by atoms with van der Waals surface area (Å²) in [4.78, 5) is 24.1. The molecule has 1 aromatic rings. The smallest absolute Gasteiger partial charge is 0.326 e. The van der Waals surface area contributed by atoms with Gasteiger partial charge in [0.15, 0.2) is 0 Å². The summed E-state index contributed by atoms with van der Waals surface area (Å²) in [6.07, 6.45) is 5.48. The summed E-state index contributed by atoms with van der Waals surface area (Å²) in [6.45, 7) is 0.0488. The van der Waals surface area contributed by atoms with Crippen LogP contribution in [0, 0.1) is 0 Å². The SMILES string of the molecule is Cn1cc(/C=C/C(=O)N2CC(O)C[C@H]2C(=O)O)cn1. The summed E-state index contributed by atoms with van der Waals surface area (Å²) in [5, 5.41) is 22.4. The number of rotatable bonds is 3. The molecule has 2 heterocycles. The third kappa shape index (κ3) is 3.00. The molecular formula is C12H15N3O4. The van der Waals surface area contributed by atoms with E-state index in [1.54, 1.807) is 30.2 Å². The number of β-amino-alcohol motifs (C(OH)–C–C–N with tert-alkyl or cyclic N) is 1. The molecule has 0 aromatic carbocycles. The summed E-state index contributed by atoms with van der Waals surface area (Å²) in [7, 11) is 1.76. The molecule has 1 unspecified atom stereocenters. The maximum absolute atomic E-state index is 11.9. The Labute approximate surface area is 109 Å². The fourth-order valence-electron chi connectivity index (χ4n) is 2.08. The molecule has 102 valence electrons. The highest BCUT2D eigenvalue weighted by atomic mass is 16.4. The molecule has 1 fully saturated rings. The minimum absolute atomic E-state index is 0.0488. The van der Waals surface area contributed by atoms with Crippen LogP contribution in [0.25, 0.3) is 6.08 Å². The Bertz CT molecular complexity index is 523. The Balaban J connectivity index is 2.06. The lowest BCUT2D eigenvalue weighted by atomic mass is 10.2. The maximum Gasteiger partial charge on any atom is 0.326 e. The summed E-state index contributed by atoms with van der Waals surface area (Å²) in [5.41, 5.74) is 0.752. The van der Waals surface area contributed by atoms with Crippen LogP contribution in [0.4, 0.5) is 0 Å². The van der Waals surface area contributed by atoms with E-state index < -0.39 is 24.0 Å². The van der Waals surface area contributed by atoms with Crippen LogP contribution in [-0.4, -0.2) is 55.5 Å². The Hall–Kier alpha value is -2.15. The van der Waals surface area contributed by atoms with Crippen molar-refractivity contribution in [2.24, 2.45) is 7.05 Å². The third-order valence-electron chi connectivity index (χ3n) is 2.99. The van der Waals surface area contributed by atoms with Gasteiger partial charge in [-0.3, -0.25) is 9.48 Å². The summed E-state index contributed by atoms with van der Waals surface area (Å²) in [5.74, 6) is -1.52. The normalized spacial score (nSPS) is 23.2. The minimum Gasteiger partial charge on any atom is -0.480 e. The second-order valence-electron chi connectivity index (χ2n) is 4.51. The largest absolute Gasteiger partial charge is 0.480 e. The number of aliphatic carboxylic acids is 1. The van der Waals surface area contributed by atoms with E-state index in [1.807, 2.05) is 0 Å². The van der Waals surface area contributed by atoms with Crippen LogP contribution in [0.15, 0.2) is 18.5 Å². The van der Waals surface area contributed by atoms with Gasteiger partial charge in [0.2, 0.25) is 5.91 Å². The first-order valence-electron chi connectivity index (χ1n) is 5.85. The van der Waals surface area contributed by atoms with Crippen molar-refractivity contribution in [2.45, 2.75) is 18.6 Å². The van der Waals surface area contributed by atoms with E-state index in [0.29, 0.717) is 0 Å². The number of likely N-dealkylation sites (tertiary alicyclic amines) is 1. The molecule has 7 heteroatoms. The first kappa shape index (κ1) is 13.3. The lowest BCUT2D eigenvalue weighted by Crippen LogP contribution is -2.39. The highest BCUT2D eigenvalue weighted by Gasteiger charge is 2.37. The van der Waals surface area contributed by atoms with E-state index in [-0.39, 0.29) is 13.0 Å². The molecule has 0 radical (unpaired) electrons. The Morgan fingerprint density at radius 2 is 2.26 bits per heavy atom. The van der Waals surface area contributed by atoms with Gasteiger partial charge < -0.3 is 15.1 Å². The molecule has 2 rings (SSSR count). The number of aliphatic hydroxyl groups is 1. The molecular weight excluding hydrogens is 250 g/mol. The van der Waals surface area contributed by atoms with Crippen LogP contribution in [0.3, 0.4) is 0 Å². The number of aromatic nitrogens is 2. The van der Waals surface area contributed by atoms with Gasteiger partial charge >= 0.3 is 5.97 Å². The van der Waals surface area contributed by atoms with Gasteiger partial charge in [-0.25, -0.2) is 4.79 Å². The second kappa shape index (κ2) is 5.23. The van der Waals surface area contributed by atoms with E-state index in [1.165, 1.54) is 11.0 Å². The molecule has 0 saturated carbocycles. The monoisotopic (exact) mass is 265 g/mol. The lowest BCUT2D eigenvalue weighted by Gasteiger charge is -2.19. The van der Waals surface area contributed by atoms with Crippen LogP contribution in [0.5, 0.6) is 0 Å². The fourth-order valence-corrected chi connectivity index (χ4v) is 2.08. The highest BCUT2D eigenvalue weighted by molar-refractivity contribution is 5.94. The quantitative estimate of drug-likeness (QED) is 0.717. The van der Waals surface area contributed by atoms with Crippen LogP contribution < -0.4 is 0 Å². The van der Waals surface area contributed by atoms with E-state index in [4.69, 9.17) is 5.11 Å². The number of carbonyl (C=O) groups is 2. The highest BCUT2D eigenvalue weighted by Crippen LogP contribution is 2.18. The van der Waals surface area contributed by atoms with Crippen molar-refractivity contribution < 1.29 is 19.8 Å². The van der Waals surface area contributed by atoms with Crippen molar-refractivity contribution in [1.29, 1.82) is 0 Å². The minimum atomic E-state index is -1.10. The molecule has 0 spiro atoms. The first-order chi connectivity index (χ1) is 8.97. The predicted molar refractivity (Wildman–Crippen MR) is 66.0 cm³/mol. The van der Waals surface area contributed by atoms with Gasteiger partial charge in [-0.05, 0) is 6.08 Å². The number of amides is 1. The van der Waals surface area contributed by atoms with Gasteiger partial charge in [-0.1, -0.05) is 0 Å². The molecule has 0 aliphatic carbocycles. The standard InChI is InChI=1S/C12H15N3O4/c1-14-6-8(5-13-14)2-3-11(17)15-7-9(16)4-10(15)12(18)19/h2-3,5-6,9-10,16H,4,7H2,1H3,(H,18,19)/b3-2+/t9?,10-/m0/s1. The number of aryl methyl sites for hydroxylation is 1. The number of carboxylic acid groups (broad SMARTS) is 1. The number of nitrogens with zero attached hydrogens (tertiary/aromatic N) is 3. The average Bonchev–Trinajstić information content (AvgIpc) is 2.92. The number of carbonyl (C=O) groups excluding carboxylic acids is 1. The summed E-state index contributed by atoms with van der Waals surface area (Å²) >= 11 is 0. The zero-order valence-corrected chi connectivity index (χ0v) is 10.4. The molecule has 1 aliphatic heterocycles. The van der Waals surface area contributed by atoms with Crippen molar-refractivity contribution in [3.8, 4) is 0 Å². The molecule has 2 N–H and O–H groups in total. The fraction of sp³-hybridized carbons (Fsp3) is 0.417. The predicted octanol–water partition coefficient (Wildman–Crippen LogP) is -0.520. The van der Waals surface area contributed by atoms with Gasteiger partial charge in [0.25, 0.3) is 0 Å². The van der Waals surface area contributed by atoms with E-state index in [2.05, 4.69) is 5.10 Å². The second-order valence-corrected chi connectivity index (χ2v) is 4.51. The molecule has 1 aliphatic rings. The van der Waals surface area contributed by atoms with Crippen molar-refractivity contribution in [1.82, 2.24) is 14.7 Å². The van der Waals surface area contributed by atoms with Crippen LogP contribution >= 0.6 is 0 Å².